The molecule has 0 saturated heterocycles. The second-order valence-electron chi connectivity index (χ2n) is 3.30. The van der Waals surface area contributed by atoms with E-state index in [1.807, 2.05) is 30.5 Å². The van der Waals surface area contributed by atoms with Crippen LogP contribution in [0.15, 0.2) is 41.3 Å². The third kappa shape index (κ3) is 4.77. The van der Waals surface area contributed by atoms with E-state index in [4.69, 9.17) is 17.5 Å². The first-order valence-electron chi connectivity index (χ1n) is 4.53. The maximum Gasteiger partial charge on any atom is 0.394 e. The quantitative estimate of drug-likeness (QED) is 0.683. The van der Waals surface area contributed by atoms with Gasteiger partial charge in [0.15, 0.2) is 0 Å². The van der Waals surface area contributed by atoms with Crippen LogP contribution in [0.2, 0.25) is 0 Å². The molecule has 0 bridgehead atoms. The van der Waals surface area contributed by atoms with Crippen LogP contribution in [0.1, 0.15) is 0 Å². The molecule has 0 fully saturated rings. The lowest BCUT2D eigenvalue weighted by Gasteiger charge is -1.99. The van der Waals surface area contributed by atoms with Crippen LogP contribution in [-0.2, 0) is 17.4 Å². The Labute approximate surface area is 97.7 Å². The molecule has 0 aliphatic heterocycles. The molecular formula is C10H11NO5S. The van der Waals surface area contributed by atoms with Crippen LogP contribution in [0, 0.1) is 0 Å². The van der Waals surface area contributed by atoms with Crippen LogP contribution in [0.4, 0.5) is 0 Å². The number of rotatable bonds is 0. The monoisotopic (exact) mass is 257 g/mol. The molecule has 0 radical (unpaired) electrons. The van der Waals surface area contributed by atoms with Crippen molar-refractivity contribution >= 4 is 21.2 Å². The standard InChI is InChI=1S/C10H9NO.H2O4S/c1-11-7-9-5-3-2-4-8(9)6-10(11)12;1-5(2,3)4/h2-7H,1H3;(H2,1,2,3,4). The third-order valence-corrected chi connectivity index (χ3v) is 1.96. The third-order valence-electron chi connectivity index (χ3n) is 1.96. The summed E-state index contributed by atoms with van der Waals surface area (Å²) in [7, 11) is -2.91. The lowest BCUT2D eigenvalue weighted by molar-refractivity contribution is 0.381. The Bertz CT molecular complexity index is 666. The Morgan fingerprint density at radius 2 is 1.59 bits per heavy atom. The van der Waals surface area contributed by atoms with Crippen LogP contribution in [0.3, 0.4) is 0 Å². The summed E-state index contributed by atoms with van der Waals surface area (Å²) < 4.78 is 33.2. The average Bonchev–Trinajstić information content (AvgIpc) is 2.17. The summed E-state index contributed by atoms with van der Waals surface area (Å²) in [5.41, 5.74) is 0.0358. The van der Waals surface area contributed by atoms with Crippen molar-refractivity contribution in [3.8, 4) is 0 Å². The minimum Gasteiger partial charge on any atom is -0.318 e. The van der Waals surface area contributed by atoms with Gasteiger partial charge in [-0.3, -0.25) is 13.9 Å². The van der Waals surface area contributed by atoms with Crippen molar-refractivity contribution in [2.45, 2.75) is 0 Å². The van der Waals surface area contributed by atoms with Crippen molar-refractivity contribution in [3.05, 3.63) is 46.9 Å². The number of hydrogen-bond donors (Lipinski definition) is 2. The average molecular weight is 257 g/mol. The smallest absolute Gasteiger partial charge is 0.318 e. The van der Waals surface area contributed by atoms with Crippen molar-refractivity contribution in [1.82, 2.24) is 4.57 Å². The van der Waals surface area contributed by atoms with Gasteiger partial charge in [0.05, 0.1) is 0 Å². The first-order valence-corrected chi connectivity index (χ1v) is 5.92. The predicted octanol–water partition coefficient (Wildman–Crippen LogP) is 0.886. The number of fused-ring (bicyclic) bond motifs is 1. The highest BCUT2D eigenvalue weighted by Gasteiger charge is 1.93. The predicted molar refractivity (Wildman–Crippen MR) is 63.4 cm³/mol. The van der Waals surface area contributed by atoms with E-state index in [9.17, 15) is 4.79 Å². The summed E-state index contributed by atoms with van der Waals surface area (Å²) in [6.45, 7) is 0. The van der Waals surface area contributed by atoms with Crippen LogP contribution < -0.4 is 5.56 Å². The molecule has 6 nitrogen and oxygen atoms in total. The minimum atomic E-state index is -4.67. The van der Waals surface area contributed by atoms with E-state index in [1.165, 1.54) is 0 Å². The Kier molecular flexibility index (Phi) is 4.00. The number of aromatic nitrogens is 1. The fourth-order valence-electron chi connectivity index (χ4n) is 1.27. The van der Waals surface area contributed by atoms with Crippen LogP contribution in [0.5, 0.6) is 0 Å². The summed E-state index contributed by atoms with van der Waals surface area (Å²) in [5, 5.41) is 2.10. The molecule has 0 atom stereocenters. The highest BCUT2D eigenvalue weighted by Crippen LogP contribution is 2.08. The molecule has 17 heavy (non-hydrogen) atoms. The Balaban J connectivity index is 0.000000249. The van der Waals surface area contributed by atoms with Crippen LogP contribution in [-0.4, -0.2) is 22.1 Å². The van der Waals surface area contributed by atoms with Gasteiger partial charge in [0.2, 0.25) is 0 Å². The van der Waals surface area contributed by atoms with E-state index in [0.717, 1.165) is 10.8 Å². The Morgan fingerprint density at radius 1 is 1.12 bits per heavy atom. The molecule has 92 valence electrons. The maximum atomic E-state index is 11.2. The van der Waals surface area contributed by atoms with Gasteiger partial charge >= 0.3 is 10.4 Å². The lowest BCUT2D eigenvalue weighted by Crippen LogP contribution is -2.13. The van der Waals surface area contributed by atoms with Crippen molar-refractivity contribution in [3.63, 3.8) is 0 Å². The topological polar surface area (TPSA) is 96.6 Å². The highest BCUT2D eigenvalue weighted by atomic mass is 32.3. The van der Waals surface area contributed by atoms with E-state index < -0.39 is 10.4 Å². The van der Waals surface area contributed by atoms with E-state index in [-0.39, 0.29) is 5.56 Å². The summed E-state index contributed by atoms with van der Waals surface area (Å²) in [4.78, 5) is 11.2. The maximum absolute atomic E-state index is 11.2. The normalized spacial score (nSPS) is 10.8. The summed E-state index contributed by atoms with van der Waals surface area (Å²) in [6, 6.07) is 9.48. The molecule has 7 heteroatoms. The zero-order chi connectivity index (χ0) is 13.1. The summed E-state index contributed by atoms with van der Waals surface area (Å²) in [5.74, 6) is 0. The molecule has 0 spiro atoms. The van der Waals surface area contributed by atoms with E-state index in [0.29, 0.717) is 0 Å². The van der Waals surface area contributed by atoms with Gasteiger partial charge in [0.25, 0.3) is 5.56 Å². The first kappa shape index (κ1) is 13.4. The SMILES string of the molecule is Cn1cc2ccccc2cc1=O.O=S(=O)(O)O. The van der Waals surface area contributed by atoms with Gasteiger partial charge in [-0.25, -0.2) is 0 Å². The number of pyridine rings is 1. The molecular weight excluding hydrogens is 246 g/mol. The molecule has 2 aromatic rings. The summed E-state index contributed by atoms with van der Waals surface area (Å²) in [6.07, 6.45) is 1.84. The molecule has 1 aromatic heterocycles. The van der Waals surface area contributed by atoms with Crippen LogP contribution in [0.25, 0.3) is 10.8 Å². The molecule has 1 heterocycles. The van der Waals surface area contributed by atoms with Crippen molar-refractivity contribution in [2.24, 2.45) is 7.05 Å². The fraction of sp³-hybridized carbons (Fsp3) is 0.100. The van der Waals surface area contributed by atoms with Gasteiger partial charge in [-0.05, 0) is 10.8 Å². The van der Waals surface area contributed by atoms with Crippen molar-refractivity contribution in [1.29, 1.82) is 0 Å². The van der Waals surface area contributed by atoms with E-state index in [2.05, 4.69) is 0 Å². The van der Waals surface area contributed by atoms with E-state index in [1.54, 1.807) is 17.7 Å². The highest BCUT2D eigenvalue weighted by molar-refractivity contribution is 7.79. The largest absolute Gasteiger partial charge is 0.394 e. The van der Waals surface area contributed by atoms with Gasteiger partial charge in [0.1, 0.15) is 0 Å². The van der Waals surface area contributed by atoms with Crippen molar-refractivity contribution in [2.75, 3.05) is 0 Å². The van der Waals surface area contributed by atoms with Gasteiger partial charge in [-0.2, -0.15) is 8.42 Å². The fourth-order valence-corrected chi connectivity index (χ4v) is 1.27. The summed E-state index contributed by atoms with van der Waals surface area (Å²) >= 11 is 0. The second-order valence-corrected chi connectivity index (χ2v) is 4.19. The molecule has 0 amide bonds. The van der Waals surface area contributed by atoms with Crippen molar-refractivity contribution < 1.29 is 17.5 Å². The molecule has 0 aliphatic carbocycles. The number of nitrogens with zero attached hydrogens (tertiary/aromatic N) is 1. The van der Waals surface area contributed by atoms with E-state index >= 15 is 0 Å². The van der Waals surface area contributed by atoms with Crippen LogP contribution >= 0.6 is 0 Å². The Hall–Kier alpha value is -1.70. The molecule has 1 aromatic carbocycles. The first-order chi connectivity index (χ1) is 7.77. The molecule has 2 N–H and O–H groups in total. The molecule has 0 saturated carbocycles. The zero-order valence-corrected chi connectivity index (χ0v) is 9.76. The molecule has 0 aliphatic rings. The number of aryl methyl sites for hydroxylation is 1. The van der Waals surface area contributed by atoms with Gasteiger partial charge in [-0.1, -0.05) is 24.3 Å². The number of benzene rings is 1. The molecule has 2 rings (SSSR count). The minimum absolute atomic E-state index is 0.0358. The lowest BCUT2D eigenvalue weighted by atomic mass is 10.2. The Morgan fingerprint density at radius 3 is 2.12 bits per heavy atom. The van der Waals surface area contributed by atoms with Gasteiger partial charge < -0.3 is 4.57 Å². The van der Waals surface area contributed by atoms with Gasteiger partial charge in [-0.15, -0.1) is 0 Å². The van der Waals surface area contributed by atoms with Gasteiger partial charge in [0, 0.05) is 19.3 Å². The second kappa shape index (κ2) is 5.09. The molecule has 0 unspecified atom stereocenters. The number of hydrogen-bond acceptors (Lipinski definition) is 3. The zero-order valence-electron chi connectivity index (χ0n) is 8.94.